The van der Waals surface area contributed by atoms with Crippen molar-refractivity contribution >= 4 is 33.0 Å². The predicted molar refractivity (Wildman–Crippen MR) is 127 cm³/mol. The summed E-state index contributed by atoms with van der Waals surface area (Å²) in [6.45, 7) is 6.49. The number of amides is 1. The molecule has 1 amide bonds. The van der Waals surface area contributed by atoms with Gasteiger partial charge in [-0.15, -0.1) is 0 Å². The molecule has 0 fully saturated rings. The molecular weight excluding hydrogens is 410 g/mol. The van der Waals surface area contributed by atoms with Gasteiger partial charge in [-0.25, -0.2) is 8.42 Å². The van der Waals surface area contributed by atoms with Gasteiger partial charge in [-0.1, -0.05) is 30.3 Å². The molecule has 3 aromatic rings. The van der Waals surface area contributed by atoms with Gasteiger partial charge in [0, 0.05) is 30.5 Å². The van der Waals surface area contributed by atoms with E-state index in [1.807, 2.05) is 51.2 Å². The maximum absolute atomic E-state index is 12.9. The zero-order valence-corrected chi connectivity index (χ0v) is 19.0. The molecule has 3 aromatic carbocycles. The quantitative estimate of drug-likeness (QED) is 0.556. The number of nitrogens with one attached hydrogen (secondary N) is 2. The average Bonchev–Trinajstić information content (AvgIpc) is 2.75. The third-order valence-corrected chi connectivity index (χ3v) is 6.54. The summed E-state index contributed by atoms with van der Waals surface area (Å²) >= 11 is 0. The van der Waals surface area contributed by atoms with Crippen molar-refractivity contribution in [3.05, 3.63) is 83.4 Å². The van der Waals surface area contributed by atoms with E-state index in [9.17, 15) is 13.2 Å². The number of aryl methyl sites for hydroxylation is 2. The summed E-state index contributed by atoms with van der Waals surface area (Å²) < 4.78 is 28.4. The molecule has 0 aromatic heterocycles. The molecule has 6 nitrogen and oxygen atoms in total. The third kappa shape index (κ3) is 5.24. The number of para-hydroxylation sites is 1. The van der Waals surface area contributed by atoms with Crippen LogP contribution in [0.15, 0.2) is 71.6 Å². The summed E-state index contributed by atoms with van der Waals surface area (Å²) in [4.78, 5) is 15.0. The van der Waals surface area contributed by atoms with Gasteiger partial charge in [-0.3, -0.25) is 9.52 Å². The first-order chi connectivity index (χ1) is 14.7. The number of hydrogen-bond donors (Lipinski definition) is 2. The number of sulfonamides is 1. The lowest BCUT2D eigenvalue weighted by molar-refractivity contribution is 0.102. The number of hydrogen-bond acceptors (Lipinski definition) is 4. The van der Waals surface area contributed by atoms with E-state index in [0.717, 1.165) is 17.8 Å². The highest BCUT2D eigenvalue weighted by atomic mass is 32.2. The first-order valence-corrected chi connectivity index (χ1v) is 11.5. The molecule has 0 radical (unpaired) electrons. The molecule has 31 heavy (non-hydrogen) atoms. The monoisotopic (exact) mass is 437 g/mol. The molecule has 3 rings (SSSR count). The van der Waals surface area contributed by atoms with Crippen molar-refractivity contribution in [3.63, 3.8) is 0 Å². The van der Waals surface area contributed by atoms with Gasteiger partial charge in [0.2, 0.25) is 0 Å². The van der Waals surface area contributed by atoms with Crippen molar-refractivity contribution in [2.75, 3.05) is 28.5 Å². The molecule has 7 heteroatoms. The molecule has 0 aliphatic rings. The lowest BCUT2D eigenvalue weighted by atomic mass is 10.1. The molecule has 162 valence electrons. The Labute approximate surface area is 184 Å². The van der Waals surface area contributed by atoms with Crippen LogP contribution in [-0.4, -0.2) is 27.9 Å². The van der Waals surface area contributed by atoms with Crippen molar-refractivity contribution in [2.45, 2.75) is 25.7 Å². The molecular formula is C24H27N3O3S. The van der Waals surface area contributed by atoms with Crippen LogP contribution >= 0.6 is 0 Å². The Morgan fingerprint density at radius 2 is 1.68 bits per heavy atom. The minimum Gasteiger partial charge on any atom is -0.375 e. The van der Waals surface area contributed by atoms with Gasteiger partial charge in [0.25, 0.3) is 15.9 Å². The van der Waals surface area contributed by atoms with Crippen LogP contribution in [0.2, 0.25) is 0 Å². The predicted octanol–water partition coefficient (Wildman–Crippen LogP) is 4.81. The number of carbonyl (C=O) groups excluding carboxylic acids is 1. The summed E-state index contributed by atoms with van der Waals surface area (Å²) in [7, 11) is -1.87. The fourth-order valence-electron chi connectivity index (χ4n) is 3.11. The Morgan fingerprint density at radius 3 is 2.39 bits per heavy atom. The van der Waals surface area contributed by atoms with Crippen LogP contribution < -0.4 is 14.9 Å². The van der Waals surface area contributed by atoms with Crippen LogP contribution in [0.25, 0.3) is 0 Å². The van der Waals surface area contributed by atoms with Crippen molar-refractivity contribution in [2.24, 2.45) is 0 Å². The van der Waals surface area contributed by atoms with E-state index in [0.29, 0.717) is 22.5 Å². The Balaban J connectivity index is 1.87. The highest BCUT2D eigenvalue weighted by Crippen LogP contribution is 2.23. The van der Waals surface area contributed by atoms with Crippen LogP contribution in [0.1, 0.15) is 28.4 Å². The fraction of sp³-hybridized carbons (Fsp3) is 0.208. The maximum atomic E-state index is 12.9. The van der Waals surface area contributed by atoms with Gasteiger partial charge < -0.3 is 10.2 Å². The van der Waals surface area contributed by atoms with Crippen LogP contribution in [0.3, 0.4) is 0 Å². The Bertz CT molecular complexity index is 1210. The maximum Gasteiger partial charge on any atom is 0.261 e. The van der Waals surface area contributed by atoms with Crippen LogP contribution in [0.4, 0.5) is 17.1 Å². The van der Waals surface area contributed by atoms with Crippen LogP contribution in [-0.2, 0) is 10.0 Å². The van der Waals surface area contributed by atoms with E-state index in [2.05, 4.69) is 14.9 Å². The van der Waals surface area contributed by atoms with E-state index in [-0.39, 0.29) is 10.8 Å². The lowest BCUT2D eigenvalue weighted by Gasteiger charge is -2.18. The van der Waals surface area contributed by atoms with Crippen LogP contribution in [0, 0.1) is 13.8 Å². The van der Waals surface area contributed by atoms with Crippen molar-refractivity contribution < 1.29 is 13.2 Å². The number of nitrogens with zero attached hydrogens (tertiary/aromatic N) is 1. The Morgan fingerprint density at radius 1 is 0.935 bits per heavy atom. The summed E-state index contributed by atoms with van der Waals surface area (Å²) in [6.07, 6.45) is 0. The second kappa shape index (κ2) is 9.22. The Hall–Kier alpha value is -3.32. The number of benzene rings is 3. The molecule has 0 aliphatic carbocycles. The van der Waals surface area contributed by atoms with Crippen molar-refractivity contribution in [1.82, 2.24) is 0 Å². The number of carbonyl (C=O) groups is 1. The van der Waals surface area contributed by atoms with Crippen molar-refractivity contribution in [1.29, 1.82) is 0 Å². The minimum atomic E-state index is -3.84. The van der Waals surface area contributed by atoms with Gasteiger partial charge in [-0.05, 0) is 68.3 Å². The average molecular weight is 438 g/mol. The number of rotatable bonds is 7. The molecule has 2 N–H and O–H groups in total. The van der Waals surface area contributed by atoms with Gasteiger partial charge >= 0.3 is 0 Å². The minimum absolute atomic E-state index is 0.0333. The van der Waals surface area contributed by atoms with Crippen LogP contribution in [0.5, 0.6) is 0 Å². The fourth-order valence-corrected chi connectivity index (χ4v) is 4.26. The molecule has 0 aliphatic heterocycles. The highest BCUT2D eigenvalue weighted by molar-refractivity contribution is 7.92. The smallest absolute Gasteiger partial charge is 0.261 e. The van der Waals surface area contributed by atoms with Gasteiger partial charge in [0.1, 0.15) is 0 Å². The SMILES string of the molecule is CCN(C)c1cccc(NC(=O)c2cc(S(=O)(=O)Nc3ccccc3C)ccc2C)c1. The van der Waals surface area contributed by atoms with Gasteiger partial charge in [-0.2, -0.15) is 0 Å². The second-order valence-corrected chi connectivity index (χ2v) is 9.10. The molecule has 0 unspecified atom stereocenters. The van der Waals surface area contributed by atoms with E-state index in [1.54, 1.807) is 31.2 Å². The first-order valence-electron chi connectivity index (χ1n) is 10.0. The molecule has 0 spiro atoms. The summed E-state index contributed by atoms with van der Waals surface area (Å²) in [5.41, 5.74) is 3.94. The summed E-state index contributed by atoms with van der Waals surface area (Å²) in [6, 6.07) is 19.2. The van der Waals surface area contributed by atoms with E-state index in [4.69, 9.17) is 0 Å². The lowest BCUT2D eigenvalue weighted by Crippen LogP contribution is -2.18. The standard InChI is InChI=1S/C24H27N3O3S/c1-5-27(4)20-11-8-10-19(15-20)25-24(28)22-16-21(14-13-17(22)2)31(29,30)26-23-12-7-6-9-18(23)3/h6-16,26H,5H2,1-4H3,(H,25,28). The zero-order chi connectivity index (χ0) is 22.6. The molecule has 0 atom stereocenters. The zero-order valence-electron chi connectivity index (χ0n) is 18.1. The summed E-state index contributed by atoms with van der Waals surface area (Å²) in [5, 5.41) is 2.88. The normalized spacial score (nSPS) is 11.1. The van der Waals surface area contributed by atoms with Crippen molar-refractivity contribution in [3.8, 4) is 0 Å². The van der Waals surface area contributed by atoms with E-state index in [1.165, 1.54) is 12.1 Å². The summed E-state index contributed by atoms with van der Waals surface area (Å²) in [5.74, 6) is -0.359. The first kappa shape index (κ1) is 22.4. The van der Waals surface area contributed by atoms with E-state index < -0.39 is 10.0 Å². The van der Waals surface area contributed by atoms with Gasteiger partial charge in [0.05, 0.1) is 10.6 Å². The third-order valence-electron chi connectivity index (χ3n) is 5.17. The molecule has 0 saturated carbocycles. The topological polar surface area (TPSA) is 78.5 Å². The second-order valence-electron chi connectivity index (χ2n) is 7.42. The largest absolute Gasteiger partial charge is 0.375 e. The molecule has 0 bridgehead atoms. The molecule has 0 heterocycles. The van der Waals surface area contributed by atoms with Gasteiger partial charge in [0.15, 0.2) is 0 Å². The Kier molecular flexibility index (Phi) is 6.65. The molecule has 0 saturated heterocycles. The highest BCUT2D eigenvalue weighted by Gasteiger charge is 2.19. The number of anilines is 3. The van der Waals surface area contributed by atoms with E-state index >= 15 is 0 Å².